The van der Waals surface area contributed by atoms with Crippen molar-refractivity contribution in [1.29, 1.82) is 0 Å². The number of rotatable bonds is 4. The van der Waals surface area contributed by atoms with Crippen molar-refractivity contribution in [2.75, 3.05) is 0 Å². The Bertz CT molecular complexity index is 427. The molecule has 2 rings (SSSR count). The van der Waals surface area contributed by atoms with Crippen molar-refractivity contribution in [3.8, 4) is 0 Å². The normalized spacial score (nSPS) is 36.6. The molecule has 5 N–H and O–H groups in total. The Labute approximate surface area is 115 Å². The van der Waals surface area contributed by atoms with E-state index in [1.807, 2.05) is 0 Å². The predicted molar refractivity (Wildman–Crippen MR) is 66.7 cm³/mol. The van der Waals surface area contributed by atoms with Gasteiger partial charge in [0.2, 0.25) is 5.91 Å². The van der Waals surface area contributed by atoms with Gasteiger partial charge < -0.3 is 21.3 Å². The molecule has 2 aliphatic carbocycles. The van der Waals surface area contributed by atoms with Gasteiger partial charge in [-0.15, -0.1) is 12.4 Å². The van der Waals surface area contributed by atoms with Gasteiger partial charge >= 0.3 is 11.9 Å². The number of nitrogens with one attached hydrogen (secondary N) is 1. The molecule has 19 heavy (non-hydrogen) atoms. The summed E-state index contributed by atoms with van der Waals surface area (Å²) in [7, 11) is 0. The van der Waals surface area contributed by atoms with Crippen LogP contribution in [0.15, 0.2) is 0 Å². The number of nitrogens with two attached hydrogens (primary N) is 1. The molecule has 0 heterocycles. The first-order valence-electron chi connectivity index (χ1n) is 5.85. The highest BCUT2D eigenvalue weighted by Gasteiger charge is 2.72. The molecular weight excluding hydrogens is 276 g/mol. The molecular formula is C11H17ClN2O5. The zero-order chi connectivity index (χ0) is 13.7. The van der Waals surface area contributed by atoms with E-state index in [4.69, 9.17) is 10.8 Å². The molecule has 1 amide bonds. The fourth-order valence-corrected chi connectivity index (χ4v) is 3.09. The van der Waals surface area contributed by atoms with Gasteiger partial charge in [0.05, 0.1) is 12.0 Å². The van der Waals surface area contributed by atoms with E-state index < -0.39 is 41.3 Å². The van der Waals surface area contributed by atoms with Crippen LogP contribution < -0.4 is 11.1 Å². The summed E-state index contributed by atoms with van der Waals surface area (Å²) >= 11 is 0. The van der Waals surface area contributed by atoms with E-state index in [0.29, 0.717) is 6.42 Å². The molecule has 8 heteroatoms. The first kappa shape index (κ1) is 15.7. The van der Waals surface area contributed by atoms with Crippen molar-refractivity contribution in [3.63, 3.8) is 0 Å². The lowest BCUT2D eigenvalue weighted by Crippen LogP contribution is -2.58. The molecule has 0 unspecified atom stereocenters. The molecule has 0 spiro atoms. The highest BCUT2D eigenvalue weighted by molar-refractivity contribution is 5.92. The Morgan fingerprint density at radius 1 is 1.37 bits per heavy atom. The fraction of sp³-hybridized carbons (Fsp3) is 0.727. The topological polar surface area (TPSA) is 130 Å². The third-order valence-corrected chi connectivity index (χ3v) is 4.04. The summed E-state index contributed by atoms with van der Waals surface area (Å²) in [6.45, 7) is 1.46. The Morgan fingerprint density at radius 3 is 2.32 bits per heavy atom. The molecule has 7 nitrogen and oxygen atoms in total. The number of amides is 1. The summed E-state index contributed by atoms with van der Waals surface area (Å²) < 4.78 is 0. The van der Waals surface area contributed by atoms with Gasteiger partial charge in [-0.1, -0.05) is 0 Å². The molecule has 0 aromatic carbocycles. The molecule has 2 aliphatic rings. The van der Waals surface area contributed by atoms with Gasteiger partial charge in [-0.25, -0.2) is 4.79 Å². The number of carboxylic acids is 2. The standard InChI is InChI=1S/C11H16N2O5.ClH/c1-4(12)8(14)13-11(10(17)18)3-2-5-6(7(5)11)9(15)16;/h4-7H,2-3,12H2,1H3,(H,13,14)(H,15,16)(H,17,18);1H/t4-,5-,6-,7-,11-;/m0./s1. The summed E-state index contributed by atoms with van der Waals surface area (Å²) in [5, 5.41) is 20.8. The van der Waals surface area contributed by atoms with Crippen molar-refractivity contribution < 1.29 is 24.6 Å². The number of carbonyl (C=O) groups is 3. The maximum Gasteiger partial charge on any atom is 0.329 e. The molecule has 108 valence electrons. The minimum atomic E-state index is -1.46. The third-order valence-electron chi connectivity index (χ3n) is 4.04. The summed E-state index contributed by atoms with van der Waals surface area (Å²) in [6, 6.07) is -0.817. The van der Waals surface area contributed by atoms with Gasteiger partial charge in [0.25, 0.3) is 0 Å². The zero-order valence-corrected chi connectivity index (χ0v) is 11.1. The minimum absolute atomic E-state index is 0. The second-order valence-corrected chi connectivity index (χ2v) is 5.15. The second kappa shape index (κ2) is 4.97. The van der Waals surface area contributed by atoms with Gasteiger partial charge in [0.1, 0.15) is 5.54 Å². The number of hydrogen-bond donors (Lipinski definition) is 4. The maximum atomic E-state index is 11.6. The molecule has 0 aliphatic heterocycles. The third kappa shape index (κ3) is 2.28. The van der Waals surface area contributed by atoms with Crippen LogP contribution in [-0.2, 0) is 14.4 Å². The first-order valence-corrected chi connectivity index (χ1v) is 5.85. The van der Waals surface area contributed by atoms with Crippen LogP contribution in [0.4, 0.5) is 0 Å². The largest absolute Gasteiger partial charge is 0.481 e. The summed E-state index contributed by atoms with van der Waals surface area (Å²) in [5.41, 5.74) is 3.95. The molecule has 5 atom stereocenters. The quantitative estimate of drug-likeness (QED) is 0.549. The van der Waals surface area contributed by atoms with E-state index in [2.05, 4.69) is 5.32 Å². The van der Waals surface area contributed by atoms with Crippen LogP contribution in [0.5, 0.6) is 0 Å². The molecule has 0 aromatic rings. The first-order chi connectivity index (χ1) is 8.31. The SMILES string of the molecule is C[C@H](N)C(=O)N[C@@]1(C(=O)O)CC[C@H]2[C@H](C(=O)O)[C@H]21.Cl. The average Bonchev–Trinajstić information content (AvgIpc) is 2.89. The lowest BCUT2D eigenvalue weighted by Gasteiger charge is -2.29. The van der Waals surface area contributed by atoms with Crippen molar-refractivity contribution >= 4 is 30.3 Å². The Kier molecular flexibility index (Phi) is 4.11. The number of aliphatic carboxylic acids is 2. The molecule has 0 saturated heterocycles. The number of fused-ring (bicyclic) bond motifs is 1. The minimum Gasteiger partial charge on any atom is -0.481 e. The van der Waals surface area contributed by atoms with Gasteiger partial charge in [0.15, 0.2) is 0 Å². The van der Waals surface area contributed by atoms with E-state index in [0.717, 1.165) is 0 Å². The lowest BCUT2D eigenvalue weighted by atomic mass is 9.90. The number of carboxylic acid groups (broad SMARTS) is 2. The highest BCUT2D eigenvalue weighted by Crippen LogP contribution is 2.62. The van der Waals surface area contributed by atoms with Crippen molar-refractivity contribution in [2.24, 2.45) is 23.5 Å². The van der Waals surface area contributed by atoms with E-state index in [9.17, 15) is 19.5 Å². The number of carbonyl (C=O) groups excluding carboxylic acids is 1. The van der Waals surface area contributed by atoms with Crippen LogP contribution in [0.25, 0.3) is 0 Å². The van der Waals surface area contributed by atoms with E-state index in [1.165, 1.54) is 6.92 Å². The van der Waals surface area contributed by atoms with Crippen molar-refractivity contribution in [1.82, 2.24) is 5.32 Å². The molecule has 0 radical (unpaired) electrons. The molecule has 2 saturated carbocycles. The van der Waals surface area contributed by atoms with E-state index >= 15 is 0 Å². The Morgan fingerprint density at radius 2 is 1.95 bits per heavy atom. The molecule has 0 bridgehead atoms. The smallest absolute Gasteiger partial charge is 0.329 e. The monoisotopic (exact) mass is 292 g/mol. The van der Waals surface area contributed by atoms with E-state index in [-0.39, 0.29) is 24.7 Å². The van der Waals surface area contributed by atoms with Gasteiger partial charge in [0, 0.05) is 5.92 Å². The average molecular weight is 293 g/mol. The maximum absolute atomic E-state index is 11.6. The van der Waals surface area contributed by atoms with E-state index in [1.54, 1.807) is 0 Å². The second-order valence-electron chi connectivity index (χ2n) is 5.15. The summed E-state index contributed by atoms with van der Waals surface area (Å²) in [6.07, 6.45) is 0.771. The Hall–Kier alpha value is -1.34. The number of hydrogen-bond acceptors (Lipinski definition) is 4. The van der Waals surface area contributed by atoms with Crippen LogP contribution in [-0.4, -0.2) is 39.6 Å². The van der Waals surface area contributed by atoms with Crippen LogP contribution >= 0.6 is 12.4 Å². The molecule has 0 aromatic heterocycles. The predicted octanol–water partition coefficient (Wildman–Crippen LogP) is -0.564. The van der Waals surface area contributed by atoms with Gasteiger partial charge in [-0.05, 0) is 25.7 Å². The van der Waals surface area contributed by atoms with Crippen molar-refractivity contribution in [2.45, 2.75) is 31.3 Å². The van der Waals surface area contributed by atoms with Gasteiger partial charge in [-0.3, -0.25) is 9.59 Å². The fourth-order valence-electron chi connectivity index (χ4n) is 3.09. The van der Waals surface area contributed by atoms with Crippen LogP contribution in [0.2, 0.25) is 0 Å². The summed E-state index contributed by atoms with van der Waals surface area (Å²) in [4.78, 5) is 34.0. The van der Waals surface area contributed by atoms with Crippen molar-refractivity contribution in [3.05, 3.63) is 0 Å². The number of halogens is 1. The zero-order valence-electron chi connectivity index (χ0n) is 10.3. The molecule has 2 fully saturated rings. The Balaban J connectivity index is 0.00000180. The highest BCUT2D eigenvalue weighted by atomic mass is 35.5. The van der Waals surface area contributed by atoms with Crippen LogP contribution in [0.3, 0.4) is 0 Å². The summed E-state index contributed by atoms with van der Waals surface area (Å²) in [5.74, 6) is -4.06. The van der Waals surface area contributed by atoms with Gasteiger partial charge in [-0.2, -0.15) is 0 Å². The van der Waals surface area contributed by atoms with Crippen LogP contribution in [0.1, 0.15) is 19.8 Å². The lowest BCUT2D eigenvalue weighted by molar-refractivity contribution is -0.150. The van der Waals surface area contributed by atoms with Crippen LogP contribution in [0, 0.1) is 17.8 Å².